The van der Waals surface area contributed by atoms with Crippen molar-refractivity contribution in [1.82, 2.24) is 0 Å². The normalized spacial score (nSPS) is 12.0. The van der Waals surface area contributed by atoms with Crippen molar-refractivity contribution < 1.29 is 14.3 Å². The van der Waals surface area contributed by atoms with Gasteiger partial charge < -0.3 is 10.5 Å². The van der Waals surface area contributed by atoms with Crippen molar-refractivity contribution in [3.8, 4) is 0 Å². The van der Waals surface area contributed by atoms with Crippen molar-refractivity contribution in [3.05, 3.63) is 42.0 Å². The molecule has 2 rings (SSSR count). The summed E-state index contributed by atoms with van der Waals surface area (Å²) in [5.74, 6) is -0.468. The zero-order valence-corrected chi connectivity index (χ0v) is 14.8. The van der Waals surface area contributed by atoms with Crippen LogP contribution in [0.4, 0.5) is 10.5 Å². The van der Waals surface area contributed by atoms with E-state index in [0.717, 1.165) is 10.8 Å². The molecule has 128 valence electrons. The number of hydrogen-bond acceptors (Lipinski definition) is 3. The summed E-state index contributed by atoms with van der Waals surface area (Å²) in [6.45, 7) is 8.86. The molecule has 24 heavy (non-hydrogen) atoms. The molecular weight excluding hydrogens is 304 g/mol. The molecule has 2 aromatic carbocycles. The molecule has 0 aromatic heterocycles. The number of fused-ring (bicyclic) bond motifs is 1. The first-order valence-electron chi connectivity index (χ1n) is 7.84. The first kappa shape index (κ1) is 17.8. The Kier molecular flexibility index (Phi) is 4.56. The third kappa shape index (κ3) is 3.67. The van der Waals surface area contributed by atoms with Crippen molar-refractivity contribution in [2.45, 2.75) is 45.6 Å². The molecule has 0 heterocycles. The Morgan fingerprint density at radius 3 is 2.21 bits per heavy atom. The Bertz CT molecular complexity index is 789. The van der Waals surface area contributed by atoms with Gasteiger partial charge in [0.25, 0.3) is 0 Å². The lowest BCUT2D eigenvalue weighted by Gasteiger charge is -2.26. The van der Waals surface area contributed by atoms with Gasteiger partial charge in [0.15, 0.2) is 0 Å². The molecule has 0 bridgehead atoms. The lowest BCUT2D eigenvalue weighted by Crippen LogP contribution is -2.36. The van der Waals surface area contributed by atoms with Gasteiger partial charge in [-0.1, -0.05) is 36.4 Å². The van der Waals surface area contributed by atoms with Gasteiger partial charge in [-0.15, -0.1) is 0 Å². The Balaban J connectivity index is 2.59. The number of nitrogens with two attached hydrogens (primary N) is 1. The van der Waals surface area contributed by atoms with Crippen molar-refractivity contribution in [1.29, 1.82) is 0 Å². The summed E-state index contributed by atoms with van der Waals surface area (Å²) in [5, 5.41) is 4.58. The smallest absolute Gasteiger partial charge is 0.412 e. The highest BCUT2D eigenvalue weighted by Gasteiger charge is 2.31. The summed E-state index contributed by atoms with van der Waals surface area (Å²) in [6, 6.07) is 11.4. The second-order valence-corrected chi connectivity index (χ2v) is 7.33. The fraction of sp³-hybridized carbons (Fsp3) is 0.368. The number of benzene rings is 2. The quantitative estimate of drug-likeness (QED) is 0.895. The van der Waals surface area contributed by atoms with E-state index in [2.05, 4.69) is 5.32 Å². The summed E-state index contributed by atoms with van der Waals surface area (Å²) >= 11 is 0. The lowest BCUT2D eigenvalue weighted by atomic mass is 9.81. The molecule has 5 heteroatoms. The number of amides is 2. The third-order valence-electron chi connectivity index (χ3n) is 3.84. The molecule has 0 aliphatic carbocycles. The second kappa shape index (κ2) is 6.15. The second-order valence-electron chi connectivity index (χ2n) is 7.33. The zero-order valence-electron chi connectivity index (χ0n) is 14.8. The monoisotopic (exact) mass is 328 g/mol. The molecule has 5 nitrogen and oxygen atoms in total. The Morgan fingerprint density at radius 1 is 1.00 bits per heavy atom. The average molecular weight is 328 g/mol. The Labute approximate surface area is 142 Å². The minimum atomic E-state index is -0.936. The van der Waals surface area contributed by atoms with Crippen LogP contribution in [0, 0.1) is 0 Å². The Hall–Kier alpha value is -2.56. The summed E-state index contributed by atoms with van der Waals surface area (Å²) in [6.07, 6.45) is -0.569. The number of hydrogen-bond donors (Lipinski definition) is 2. The average Bonchev–Trinajstić information content (AvgIpc) is 2.45. The van der Waals surface area contributed by atoms with Gasteiger partial charge in [0.05, 0.1) is 11.1 Å². The van der Waals surface area contributed by atoms with E-state index in [-0.39, 0.29) is 0 Å². The molecule has 0 spiro atoms. The number of carbonyl (C=O) groups is 2. The van der Waals surface area contributed by atoms with Crippen LogP contribution in [0.25, 0.3) is 10.8 Å². The van der Waals surface area contributed by atoms with Crippen molar-refractivity contribution in [2.75, 3.05) is 5.32 Å². The molecule has 0 atom stereocenters. The highest BCUT2D eigenvalue weighted by molar-refractivity contribution is 6.04. The van der Waals surface area contributed by atoms with Crippen LogP contribution in [0.2, 0.25) is 0 Å². The molecule has 0 aliphatic heterocycles. The third-order valence-corrected chi connectivity index (χ3v) is 3.84. The van der Waals surface area contributed by atoms with Crippen LogP contribution < -0.4 is 11.1 Å². The van der Waals surface area contributed by atoms with Gasteiger partial charge in [0, 0.05) is 5.39 Å². The maximum absolute atomic E-state index is 12.3. The van der Waals surface area contributed by atoms with Gasteiger partial charge in [0.2, 0.25) is 5.91 Å². The molecule has 0 unspecified atom stereocenters. The highest BCUT2D eigenvalue weighted by atomic mass is 16.6. The number of primary amides is 1. The van der Waals surface area contributed by atoms with E-state index in [1.807, 2.05) is 36.4 Å². The predicted molar refractivity (Wildman–Crippen MR) is 96.0 cm³/mol. The lowest BCUT2D eigenvalue weighted by molar-refractivity contribution is -0.122. The first-order valence-corrected chi connectivity index (χ1v) is 7.84. The number of nitrogens with one attached hydrogen (secondary N) is 1. The van der Waals surface area contributed by atoms with Gasteiger partial charge >= 0.3 is 6.09 Å². The molecule has 0 fully saturated rings. The molecule has 0 radical (unpaired) electrons. The highest BCUT2D eigenvalue weighted by Crippen LogP contribution is 2.36. The van der Waals surface area contributed by atoms with Crippen molar-refractivity contribution in [3.63, 3.8) is 0 Å². The first-order chi connectivity index (χ1) is 11.0. The predicted octanol–water partition coefficient (Wildman–Crippen LogP) is 3.95. The van der Waals surface area contributed by atoms with Gasteiger partial charge in [-0.2, -0.15) is 0 Å². The van der Waals surface area contributed by atoms with Crippen molar-refractivity contribution >= 4 is 28.5 Å². The van der Waals surface area contributed by atoms with E-state index < -0.39 is 23.0 Å². The maximum Gasteiger partial charge on any atom is 0.412 e. The SMILES string of the molecule is CC(C)(C)OC(=O)Nc1c(C(C)(C)C(N)=O)ccc2ccccc12. The number of ether oxygens (including phenoxy) is 1. The summed E-state index contributed by atoms with van der Waals surface area (Å²) in [5.41, 5.74) is 5.21. The number of rotatable bonds is 3. The van der Waals surface area contributed by atoms with E-state index >= 15 is 0 Å². The minimum Gasteiger partial charge on any atom is -0.444 e. The number of anilines is 1. The summed E-state index contributed by atoms with van der Waals surface area (Å²) < 4.78 is 5.35. The van der Waals surface area contributed by atoms with Crippen LogP contribution in [0.3, 0.4) is 0 Å². The maximum atomic E-state index is 12.3. The van der Waals surface area contributed by atoms with Gasteiger partial charge in [-0.3, -0.25) is 10.1 Å². The molecule has 0 saturated carbocycles. The zero-order chi connectivity index (χ0) is 18.1. The largest absolute Gasteiger partial charge is 0.444 e. The number of carbonyl (C=O) groups excluding carboxylic acids is 2. The molecule has 2 amide bonds. The van der Waals surface area contributed by atoms with Gasteiger partial charge in [-0.25, -0.2) is 4.79 Å². The molecule has 0 aliphatic rings. The molecular formula is C19H24N2O3. The van der Waals surface area contributed by atoms with Crippen LogP contribution in [-0.2, 0) is 14.9 Å². The van der Waals surface area contributed by atoms with E-state index in [1.54, 1.807) is 34.6 Å². The minimum absolute atomic E-state index is 0.468. The molecule has 2 aromatic rings. The topological polar surface area (TPSA) is 81.4 Å². The van der Waals surface area contributed by atoms with E-state index in [0.29, 0.717) is 11.3 Å². The van der Waals surface area contributed by atoms with E-state index in [9.17, 15) is 9.59 Å². The summed E-state index contributed by atoms with van der Waals surface area (Å²) in [4.78, 5) is 24.2. The molecule has 3 N–H and O–H groups in total. The summed E-state index contributed by atoms with van der Waals surface area (Å²) in [7, 11) is 0. The molecule has 0 saturated heterocycles. The van der Waals surface area contributed by atoms with Crippen LogP contribution in [0.5, 0.6) is 0 Å². The standard InChI is InChI=1S/C19H24N2O3/c1-18(2,3)24-17(23)21-15-13-9-7-6-8-12(13)10-11-14(15)19(4,5)16(20)22/h6-11H,1-5H3,(H2,20,22)(H,21,23). The van der Waals surface area contributed by atoms with E-state index in [1.165, 1.54) is 0 Å². The van der Waals surface area contributed by atoms with Crippen LogP contribution >= 0.6 is 0 Å². The van der Waals surface area contributed by atoms with Gasteiger partial charge in [-0.05, 0) is 45.6 Å². The van der Waals surface area contributed by atoms with Crippen molar-refractivity contribution in [2.24, 2.45) is 5.73 Å². The fourth-order valence-corrected chi connectivity index (χ4v) is 2.47. The fourth-order valence-electron chi connectivity index (χ4n) is 2.47. The van der Waals surface area contributed by atoms with Crippen LogP contribution in [-0.4, -0.2) is 17.6 Å². The van der Waals surface area contributed by atoms with E-state index in [4.69, 9.17) is 10.5 Å². The van der Waals surface area contributed by atoms with Crippen LogP contribution in [0.15, 0.2) is 36.4 Å². The van der Waals surface area contributed by atoms with Gasteiger partial charge in [0.1, 0.15) is 5.60 Å². The van der Waals surface area contributed by atoms with Crippen LogP contribution in [0.1, 0.15) is 40.2 Å². The Morgan fingerprint density at radius 2 is 1.62 bits per heavy atom.